The maximum atomic E-state index is 5.59. The van der Waals surface area contributed by atoms with Crippen LogP contribution in [0.3, 0.4) is 0 Å². The maximum Gasteiger partial charge on any atom is 0.0721 e. The summed E-state index contributed by atoms with van der Waals surface area (Å²) in [4.78, 5) is 0. The van der Waals surface area contributed by atoms with E-state index in [1.165, 1.54) is 25.7 Å². The van der Waals surface area contributed by atoms with Crippen LogP contribution in [0.15, 0.2) is 0 Å². The van der Waals surface area contributed by atoms with E-state index in [-0.39, 0.29) is 0 Å². The van der Waals surface area contributed by atoms with Gasteiger partial charge in [-0.25, -0.2) is 0 Å². The molecule has 0 saturated carbocycles. The van der Waals surface area contributed by atoms with Crippen LogP contribution in [0.1, 0.15) is 59.8 Å². The zero-order valence-electron chi connectivity index (χ0n) is 11.9. The number of hydrogen-bond donors (Lipinski definition) is 1. The van der Waals surface area contributed by atoms with Crippen molar-refractivity contribution >= 4 is 0 Å². The molecule has 2 nitrogen and oxygen atoms in total. The Morgan fingerprint density at radius 1 is 1.00 bits per heavy atom. The predicted octanol–water partition coefficient (Wildman–Crippen LogP) is 3.61. The molecule has 0 saturated heterocycles. The molecule has 2 heteroatoms. The van der Waals surface area contributed by atoms with Gasteiger partial charge in [-0.15, -0.1) is 0 Å². The van der Waals surface area contributed by atoms with Gasteiger partial charge in [-0.1, -0.05) is 40.5 Å². The van der Waals surface area contributed by atoms with Gasteiger partial charge in [0.05, 0.1) is 6.10 Å². The lowest BCUT2D eigenvalue weighted by Crippen LogP contribution is -2.42. The Bertz CT molecular complexity index is 142. The van der Waals surface area contributed by atoms with Crippen molar-refractivity contribution in [1.29, 1.82) is 0 Å². The summed E-state index contributed by atoms with van der Waals surface area (Å²) in [6, 6.07) is 0.528. The maximum absolute atomic E-state index is 5.59. The van der Waals surface area contributed by atoms with E-state index in [0.29, 0.717) is 12.1 Å². The molecule has 0 aromatic rings. The van der Waals surface area contributed by atoms with E-state index in [4.69, 9.17) is 4.74 Å². The van der Waals surface area contributed by atoms with Gasteiger partial charge in [0, 0.05) is 13.2 Å². The van der Waals surface area contributed by atoms with E-state index in [9.17, 15) is 0 Å². The summed E-state index contributed by atoms with van der Waals surface area (Å²) in [6.45, 7) is 10.1. The first-order valence-corrected chi connectivity index (χ1v) is 6.99. The normalized spacial score (nSPS) is 15.4. The topological polar surface area (TPSA) is 21.3 Å². The van der Waals surface area contributed by atoms with Crippen molar-refractivity contribution in [1.82, 2.24) is 5.32 Å². The quantitative estimate of drug-likeness (QED) is 0.618. The van der Waals surface area contributed by atoms with E-state index < -0.39 is 0 Å². The number of methoxy groups -OCH3 is 1. The molecule has 0 rings (SSSR count). The molecule has 0 aliphatic rings. The predicted molar refractivity (Wildman–Crippen MR) is 71.9 cm³/mol. The SMILES string of the molecule is CCCNC(CC(CC)CC)C(CC)OC. The molecular weight excluding hydrogens is 198 g/mol. The van der Waals surface area contributed by atoms with E-state index >= 15 is 0 Å². The highest BCUT2D eigenvalue weighted by atomic mass is 16.5. The van der Waals surface area contributed by atoms with Crippen LogP contribution in [0, 0.1) is 5.92 Å². The summed E-state index contributed by atoms with van der Waals surface area (Å²) in [7, 11) is 1.84. The van der Waals surface area contributed by atoms with Crippen molar-refractivity contribution < 1.29 is 4.74 Å². The van der Waals surface area contributed by atoms with Crippen molar-refractivity contribution in [2.24, 2.45) is 5.92 Å². The average Bonchev–Trinajstić information content (AvgIpc) is 2.33. The monoisotopic (exact) mass is 229 g/mol. The van der Waals surface area contributed by atoms with Crippen molar-refractivity contribution in [2.45, 2.75) is 71.9 Å². The average molecular weight is 229 g/mol. The van der Waals surface area contributed by atoms with Gasteiger partial charge < -0.3 is 10.1 Å². The Morgan fingerprint density at radius 2 is 1.62 bits per heavy atom. The van der Waals surface area contributed by atoms with Gasteiger partial charge in [0.15, 0.2) is 0 Å². The van der Waals surface area contributed by atoms with Gasteiger partial charge in [0.25, 0.3) is 0 Å². The van der Waals surface area contributed by atoms with Crippen LogP contribution < -0.4 is 5.32 Å². The first-order valence-electron chi connectivity index (χ1n) is 6.99. The molecular formula is C14H31NO. The van der Waals surface area contributed by atoms with Gasteiger partial charge in [0.2, 0.25) is 0 Å². The van der Waals surface area contributed by atoms with Crippen LogP contribution in [-0.4, -0.2) is 25.8 Å². The van der Waals surface area contributed by atoms with Crippen LogP contribution in [-0.2, 0) is 4.74 Å². The second kappa shape index (κ2) is 10.1. The Kier molecular flexibility index (Phi) is 10.0. The molecule has 0 radical (unpaired) electrons. The van der Waals surface area contributed by atoms with Gasteiger partial charge in [-0.2, -0.15) is 0 Å². The zero-order valence-corrected chi connectivity index (χ0v) is 11.9. The van der Waals surface area contributed by atoms with Crippen LogP contribution in [0.4, 0.5) is 0 Å². The molecule has 2 atom stereocenters. The molecule has 0 heterocycles. The molecule has 0 amide bonds. The van der Waals surface area contributed by atoms with E-state index in [1.54, 1.807) is 0 Å². The third-order valence-electron chi connectivity index (χ3n) is 3.55. The van der Waals surface area contributed by atoms with Crippen LogP contribution in [0.25, 0.3) is 0 Å². The number of hydrogen-bond acceptors (Lipinski definition) is 2. The fourth-order valence-corrected chi connectivity index (χ4v) is 2.29. The summed E-state index contributed by atoms with van der Waals surface area (Å²) in [6.07, 6.45) is 6.46. The molecule has 16 heavy (non-hydrogen) atoms. The first-order chi connectivity index (χ1) is 7.73. The summed E-state index contributed by atoms with van der Waals surface area (Å²) >= 11 is 0. The largest absolute Gasteiger partial charge is 0.380 e. The molecule has 0 spiro atoms. The minimum atomic E-state index is 0.368. The zero-order chi connectivity index (χ0) is 12.4. The molecule has 0 aliphatic carbocycles. The highest BCUT2D eigenvalue weighted by Gasteiger charge is 2.21. The molecule has 2 unspecified atom stereocenters. The molecule has 0 aromatic carbocycles. The van der Waals surface area contributed by atoms with Crippen LogP contribution in [0.5, 0.6) is 0 Å². The van der Waals surface area contributed by atoms with Crippen LogP contribution in [0.2, 0.25) is 0 Å². The first kappa shape index (κ1) is 15.9. The van der Waals surface area contributed by atoms with E-state index in [2.05, 4.69) is 33.0 Å². The van der Waals surface area contributed by atoms with Crippen molar-refractivity contribution in [3.8, 4) is 0 Å². The smallest absolute Gasteiger partial charge is 0.0721 e. The minimum Gasteiger partial charge on any atom is -0.380 e. The Balaban J connectivity index is 4.27. The van der Waals surface area contributed by atoms with Gasteiger partial charge in [-0.05, 0) is 31.7 Å². The molecule has 98 valence electrons. The third kappa shape index (κ3) is 5.86. The fraction of sp³-hybridized carbons (Fsp3) is 1.00. The fourth-order valence-electron chi connectivity index (χ4n) is 2.29. The second-order valence-electron chi connectivity index (χ2n) is 4.66. The van der Waals surface area contributed by atoms with Crippen molar-refractivity contribution in [3.05, 3.63) is 0 Å². The lowest BCUT2D eigenvalue weighted by Gasteiger charge is -2.29. The van der Waals surface area contributed by atoms with E-state index in [0.717, 1.165) is 18.9 Å². The van der Waals surface area contributed by atoms with Crippen LogP contribution >= 0.6 is 0 Å². The van der Waals surface area contributed by atoms with Gasteiger partial charge in [0.1, 0.15) is 0 Å². The Morgan fingerprint density at radius 3 is 2.00 bits per heavy atom. The molecule has 0 aliphatic heterocycles. The molecule has 0 fully saturated rings. The highest BCUT2D eigenvalue weighted by molar-refractivity contribution is 4.78. The molecule has 0 bridgehead atoms. The van der Waals surface area contributed by atoms with Crippen molar-refractivity contribution in [2.75, 3.05) is 13.7 Å². The standard InChI is InChI=1S/C14H31NO/c1-6-10-15-13(14(9-4)16-5)11-12(7-2)8-3/h12-15H,6-11H2,1-5H3. The van der Waals surface area contributed by atoms with Gasteiger partial charge >= 0.3 is 0 Å². The Labute approximate surface area is 102 Å². The molecule has 0 aromatic heterocycles. The van der Waals surface area contributed by atoms with Crippen molar-refractivity contribution in [3.63, 3.8) is 0 Å². The number of nitrogens with one attached hydrogen (secondary N) is 1. The minimum absolute atomic E-state index is 0.368. The highest BCUT2D eigenvalue weighted by Crippen LogP contribution is 2.19. The van der Waals surface area contributed by atoms with Gasteiger partial charge in [-0.3, -0.25) is 0 Å². The number of rotatable bonds is 10. The summed E-state index contributed by atoms with van der Waals surface area (Å²) in [5.41, 5.74) is 0. The number of ether oxygens (including phenoxy) is 1. The summed E-state index contributed by atoms with van der Waals surface area (Å²) in [5.74, 6) is 0.832. The third-order valence-corrected chi connectivity index (χ3v) is 3.55. The summed E-state index contributed by atoms with van der Waals surface area (Å²) < 4.78 is 5.59. The lowest BCUT2D eigenvalue weighted by molar-refractivity contribution is 0.0562. The lowest BCUT2D eigenvalue weighted by atomic mass is 9.91. The second-order valence-corrected chi connectivity index (χ2v) is 4.66. The Hall–Kier alpha value is -0.0800. The molecule has 1 N–H and O–H groups in total. The van der Waals surface area contributed by atoms with E-state index in [1.807, 2.05) is 7.11 Å². The summed E-state index contributed by atoms with van der Waals surface area (Å²) in [5, 5.41) is 3.65.